The Hall–Kier alpha value is -0.670. The molecule has 0 aliphatic heterocycles. The molecule has 3 heteroatoms. The lowest BCUT2D eigenvalue weighted by atomic mass is 10.3. The smallest absolute Gasteiger partial charge is 0.116 e. The number of aryl methyl sites for hydroxylation is 1. The quantitative estimate of drug-likeness (QED) is 0.777. The Labute approximate surface area is 76.6 Å². The van der Waals surface area contributed by atoms with Gasteiger partial charge in [-0.3, -0.25) is 0 Å². The topological polar surface area (TPSA) is 33.1 Å². The van der Waals surface area contributed by atoms with E-state index in [2.05, 4.69) is 4.98 Å². The van der Waals surface area contributed by atoms with Gasteiger partial charge in [0.2, 0.25) is 0 Å². The predicted molar refractivity (Wildman–Crippen MR) is 52.3 cm³/mol. The van der Waals surface area contributed by atoms with Gasteiger partial charge in [0.15, 0.2) is 0 Å². The van der Waals surface area contributed by atoms with Crippen LogP contribution < -0.4 is 0 Å². The van der Waals surface area contributed by atoms with Crippen LogP contribution in [0.5, 0.6) is 0 Å². The molecule has 2 nitrogen and oxygen atoms in total. The van der Waals surface area contributed by atoms with Crippen LogP contribution in [0.3, 0.4) is 0 Å². The van der Waals surface area contributed by atoms with Crippen molar-refractivity contribution in [2.45, 2.75) is 20.3 Å². The van der Waals surface area contributed by atoms with Gasteiger partial charge in [0.05, 0.1) is 5.69 Å². The molecule has 66 valence electrons. The van der Waals surface area contributed by atoms with E-state index in [1.807, 2.05) is 26.0 Å². The van der Waals surface area contributed by atoms with E-state index in [0.29, 0.717) is 0 Å². The summed E-state index contributed by atoms with van der Waals surface area (Å²) in [6.07, 6.45) is 4.68. The largest absolute Gasteiger partial charge is 0.396 e. The maximum atomic E-state index is 8.74. The highest BCUT2D eigenvalue weighted by molar-refractivity contribution is 7.12. The highest BCUT2D eigenvalue weighted by Crippen LogP contribution is 2.19. The standard InChI is InChI=1S/C9H13NOS/c1-3-4-9-10-7(2)8(12-9)5-6-11/h3-4,11H,5-6H2,1-2H3/b4-3+. The third-order valence-corrected chi connectivity index (χ3v) is 2.74. The van der Waals surface area contributed by atoms with Gasteiger partial charge in [-0.1, -0.05) is 6.08 Å². The summed E-state index contributed by atoms with van der Waals surface area (Å²) in [6, 6.07) is 0. The molecule has 0 saturated heterocycles. The first-order valence-electron chi connectivity index (χ1n) is 3.97. The number of hydrogen-bond acceptors (Lipinski definition) is 3. The molecular weight excluding hydrogens is 170 g/mol. The van der Waals surface area contributed by atoms with E-state index in [-0.39, 0.29) is 6.61 Å². The van der Waals surface area contributed by atoms with Crippen molar-refractivity contribution in [1.82, 2.24) is 4.98 Å². The molecule has 12 heavy (non-hydrogen) atoms. The fraction of sp³-hybridized carbons (Fsp3) is 0.444. The van der Waals surface area contributed by atoms with Gasteiger partial charge in [0, 0.05) is 17.9 Å². The summed E-state index contributed by atoms with van der Waals surface area (Å²) in [7, 11) is 0. The maximum absolute atomic E-state index is 8.74. The summed E-state index contributed by atoms with van der Waals surface area (Å²) in [4.78, 5) is 5.53. The van der Waals surface area contributed by atoms with E-state index in [9.17, 15) is 0 Å². The molecule has 1 N–H and O–H groups in total. The lowest BCUT2D eigenvalue weighted by molar-refractivity contribution is 0.300. The molecule has 0 radical (unpaired) electrons. The van der Waals surface area contributed by atoms with Crippen molar-refractivity contribution in [3.05, 3.63) is 21.7 Å². The van der Waals surface area contributed by atoms with Crippen molar-refractivity contribution in [3.63, 3.8) is 0 Å². The molecule has 0 atom stereocenters. The van der Waals surface area contributed by atoms with Crippen LogP contribution in [-0.2, 0) is 6.42 Å². The Morgan fingerprint density at radius 3 is 2.92 bits per heavy atom. The zero-order valence-electron chi connectivity index (χ0n) is 7.37. The minimum Gasteiger partial charge on any atom is -0.396 e. The molecule has 1 heterocycles. The molecule has 0 amide bonds. The summed E-state index contributed by atoms with van der Waals surface area (Å²) in [5.74, 6) is 0. The number of thiazole rings is 1. The van der Waals surface area contributed by atoms with Gasteiger partial charge >= 0.3 is 0 Å². The molecule has 0 saturated carbocycles. The summed E-state index contributed by atoms with van der Waals surface area (Å²) >= 11 is 1.65. The minimum absolute atomic E-state index is 0.207. The third kappa shape index (κ3) is 2.16. The summed E-state index contributed by atoms with van der Waals surface area (Å²) in [5.41, 5.74) is 1.04. The molecule has 0 aliphatic rings. The lowest BCUT2D eigenvalue weighted by Gasteiger charge is -1.90. The SMILES string of the molecule is C/C=C/c1nc(C)c(CCO)s1. The molecule has 1 aromatic heterocycles. The van der Waals surface area contributed by atoms with Crippen molar-refractivity contribution in [1.29, 1.82) is 0 Å². The molecule has 0 fully saturated rings. The first-order chi connectivity index (χ1) is 5.77. The van der Waals surface area contributed by atoms with Crippen molar-refractivity contribution in [3.8, 4) is 0 Å². The molecule has 0 unspecified atom stereocenters. The zero-order chi connectivity index (χ0) is 8.97. The molecule has 0 aliphatic carbocycles. The summed E-state index contributed by atoms with van der Waals surface area (Å²) in [5, 5.41) is 9.77. The monoisotopic (exact) mass is 183 g/mol. The van der Waals surface area contributed by atoms with Crippen LogP contribution in [0.2, 0.25) is 0 Å². The van der Waals surface area contributed by atoms with E-state index in [1.165, 1.54) is 4.88 Å². The van der Waals surface area contributed by atoms with Crippen LogP contribution in [0, 0.1) is 6.92 Å². The van der Waals surface area contributed by atoms with E-state index in [4.69, 9.17) is 5.11 Å². The van der Waals surface area contributed by atoms with E-state index in [0.717, 1.165) is 17.1 Å². The fourth-order valence-electron chi connectivity index (χ4n) is 0.998. The van der Waals surface area contributed by atoms with Crippen molar-refractivity contribution >= 4 is 17.4 Å². The van der Waals surface area contributed by atoms with Crippen molar-refractivity contribution < 1.29 is 5.11 Å². The molecule has 1 rings (SSSR count). The number of aromatic nitrogens is 1. The summed E-state index contributed by atoms with van der Waals surface area (Å²) < 4.78 is 0. The van der Waals surface area contributed by atoms with Crippen LogP contribution >= 0.6 is 11.3 Å². The van der Waals surface area contributed by atoms with Crippen LogP contribution in [0.15, 0.2) is 6.08 Å². The number of hydrogen-bond donors (Lipinski definition) is 1. The number of rotatable bonds is 3. The van der Waals surface area contributed by atoms with Gasteiger partial charge in [-0.25, -0.2) is 4.98 Å². The second-order valence-corrected chi connectivity index (χ2v) is 3.65. The first-order valence-corrected chi connectivity index (χ1v) is 4.79. The minimum atomic E-state index is 0.207. The number of nitrogens with zero attached hydrogens (tertiary/aromatic N) is 1. The highest BCUT2D eigenvalue weighted by atomic mass is 32.1. The normalized spacial score (nSPS) is 11.2. The second kappa shape index (κ2) is 4.38. The Morgan fingerprint density at radius 2 is 2.33 bits per heavy atom. The van der Waals surface area contributed by atoms with E-state index in [1.54, 1.807) is 11.3 Å². The average Bonchev–Trinajstić information content (AvgIpc) is 2.34. The van der Waals surface area contributed by atoms with Crippen LogP contribution in [0.25, 0.3) is 6.08 Å². The molecule has 1 aromatic rings. The predicted octanol–water partition coefficient (Wildman–Crippen LogP) is 2.02. The average molecular weight is 183 g/mol. The lowest BCUT2D eigenvalue weighted by Crippen LogP contribution is -1.88. The van der Waals surface area contributed by atoms with Gasteiger partial charge in [-0.15, -0.1) is 11.3 Å². The number of aliphatic hydroxyl groups excluding tert-OH is 1. The number of aliphatic hydroxyl groups is 1. The van der Waals surface area contributed by atoms with Crippen molar-refractivity contribution in [2.24, 2.45) is 0 Å². The van der Waals surface area contributed by atoms with Crippen LogP contribution in [0.4, 0.5) is 0 Å². The Morgan fingerprint density at radius 1 is 1.58 bits per heavy atom. The zero-order valence-corrected chi connectivity index (χ0v) is 8.19. The molecule has 0 aromatic carbocycles. The third-order valence-electron chi connectivity index (χ3n) is 1.56. The van der Waals surface area contributed by atoms with Gasteiger partial charge in [0.25, 0.3) is 0 Å². The van der Waals surface area contributed by atoms with Crippen LogP contribution in [0.1, 0.15) is 22.5 Å². The second-order valence-electron chi connectivity index (χ2n) is 2.53. The molecule has 0 spiro atoms. The van der Waals surface area contributed by atoms with Gasteiger partial charge < -0.3 is 5.11 Å². The maximum Gasteiger partial charge on any atom is 0.116 e. The molecule has 0 bridgehead atoms. The van der Waals surface area contributed by atoms with E-state index >= 15 is 0 Å². The van der Waals surface area contributed by atoms with E-state index < -0.39 is 0 Å². The van der Waals surface area contributed by atoms with Crippen molar-refractivity contribution in [2.75, 3.05) is 6.61 Å². The fourth-order valence-corrected chi connectivity index (χ4v) is 2.02. The number of allylic oxidation sites excluding steroid dienone is 1. The highest BCUT2D eigenvalue weighted by Gasteiger charge is 2.03. The van der Waals surface area contributed by atoms with Gasteiger partial charge in [0.1, 0.15) is 5.01 Å². The summed E-state index contributed by atoms with van der Waals surface area (Å²) in [6.45, 7) is 4.16. The van der Waals surface area contributed by atoms with Crippen LogP contribution in [-0.4, -0.2) is 16.7 Å². The first kappa shape index (κ1) is 9.42. The van der Waals surface area contributed by atoms with Gasteiger partial charge in [-0.2, -0.15) is 0 Å². The Bertz CT molecular complexity index is 278. The molecular formula is C9H13NOS. The van der Waals surface area contributed by atoms with Gasteiger partial charge in [-0.05, 0) is 19.9 Å². The Balaban J connectivity index is 2.84. The Kier molecular flexibility index (Phi) is 3.44.